The van der Waals surface area contributed by atoms with E-state index in [2.05, 4.69) is 38.5 Å². The second-order valence-corrected chi connectivity index (χ2v) is 6.13. The normalized spacial score (nSPS) is 10.8. The van der Waals surface area contributed by atoms with Gasteiger partial charge >= 0.3 is 0 Å². The van der Waals surface area contributed by atoms with Crippen LogP contribution in [0.5, 0.6) is 0 Å². The van der Waals surface area contributed by atoms with Crippen LogP contribution in [-0.4, -0.2) is 11.5 Å². The summed E-state index contributed by atoms with van der Waals surface area (Å²) in [7, 11) is 0. The van der Waals surface area contributed by atoms with Gasteiger partial charge in [-0.3, -0.25) is 0 Å². The van der Waals surface area contributed by atoms with Crippen molar-refractivity contribution in [3.63, 3.8) is 0 Å². The lowest BCUT2D eigenvalue weighted by molar-refractivity contribution is 0.667. The topological polar surface area (TPSA) is 24.9 Å². The number of hydrogen-bond acceptors (Lipinski definition) is 3. The van der Waals surface area contributed by atoms with Crippen LogP contribution in [0, 0.1) is 0 Å². The van der Waals surface area contributed by atoms with E-state index >= 15 is 0 Å². The molecular formula is C13H14BrClN2S. The van der Waals surface area contributed by atoms with Crippen molar-refractivity contribution < 1.29 is 0 Å². The fourth-order valence-corrected chi connectivity index (χ4v) is 3.04. The van der Waals surface area contributed by atoms with Gasteiger partial charge in [0.15, 0.2) is 0 Å². The van der Waals surface area contributed by atoms with Crippen LogP contribution in [0.3, 0.4) is 0 Å². The zero-order chi connectivity index (χ0) is 13.0. The molecule has 0 amide bonds. The summed E-state index contributed by atoms with van der Waals surface area (Å²) in [6.07, 6.45) is 1.13. The van der Waals surface area contributed by atoms with Crippen LogP contribution in [0.2, 0.25) is 5.02 Å². The molecule has 0 bridgehead atoms. The fourth-order valence-electron chi connectivity index (χ4n) is 1.57. The molecule has 1 N–H and O–H groups in total. The van der Waals surface area contributed by atoms with Gasteiger partial charge in [-0.25, -0.2) is 4.98 Å². The van der Waals surface area contributed by atoms with Gasteiger partial charge in [0.05, 0.1) is 10.7 Å². The molecule has 1 aromatic carbocycles. The van der Waals surface area contributed by atoms with Gasteiger partial charge in [0.2, 0.25) is 0 Å². The van der Waals surface area contributed by atoms with E-state index < -0.39 is 0 Å². The second-order valence-electron chi connectivity index (χ2n) is 3.94. The number of thiazole rings is 1. The molecule has 0 atom stereocenters. The first-order valence-electron chi connectivity index (χ1n) is 5.81. The standard InChI is InChI=1S/C13H14BrClN2S/c1-2-5-16-7-10-8-18-13(17-10)11-6-9(14)3-4-12(11)15/h3-4,6,8,16H,2,5,7H2,1H3. The molecule has 0 aliphatic rings. The third-order valence-corrected chi connectivity index (χ3v) is 4.19. The smallest absolute Gasteiger partial charge is 0.125 e. The lowest BCUT2D eigenvalue weighted by atomic mass is 10.2. The van der Waals surface area contributed by atoms with E-state index in [1.54, 1.807) is 11.3 Å². The summed E-state index contributed by atoms with van der Waals surface area (Å²) in [6.45, 7) is 3.99. The molecule has 0 spiro atoms. The van der Waals surface area contributed by atoms with Gasteiger partial charge in [-0.1, -0.05) is 34.5 Å². The lowest BCUT2D eigenvalue weighted by Crippen LogP contribution is -2.13. The lowest BCUT2D eigenvalue weighted by Gasteiger charge is -2.01. The molecule has 1 aromatic heterocycles. The van der Waals surface area contributed by atoms with Crippen molar-refractivity contribution in [3.05, 3.63) is 38.8 Å². The van der Waals surface area contributed by atoms with E-state index in [9.17, 15) is 0 Å². The van der Waals surface area contributed by atoms with Gasteiger partial charge in [0.25, 0.3) is 0 Å². The number of nitrogens with one attached hydrogen (secondary N) is 1. The van der Waals surface area contributed by atoms with E-state index in [4.69, 9.17) is 11.6 Å². The largest absolute Gasteiger partial charge is 0.311 e. The molecule has 0 aliphatic carbocycles. The fraction of sp³-hybridized carbons (Fsp3) is 0.308. The summed E-state index contributed by atoms with van der Waals surface area (Å²) in [5, 5.41) is 7.13. The summed E-state index contributed by atoms with van der Waals surface area (Å²) in [6, 6.07) is 5.82. The Labute approximate surface area is 125 Å². The Morgan fingerprint density at radius 1 is 1.44 bits per heavy atom. The Hall–Kier alpha value is -0.420. The summed E-state index contributed by atoms with van der Waals surface area (Å²) in [5.74, 6) is 0. The predicted octanol–water partition coefficient (Wildman–Crippen LogP) is 4.73. The van der Waals surface area contributed by atoms with Crippen molar-refractivity contribution in [1.29, 1.82) is 0 Å². The number of benzene rings is 1. The summed E-state index contributed by atoms with van der Waals surface area (Å²) < 4.78 is 1.02. The number of nitrogens with zero attached hydrogens (tertiary/aromatic N) is 1. The first-order chi connectivity index (χ1) is 8.70. The van der Waals surface area contributed by atoms with E-state index in [0.29, 0.717) is 0 Å². The summed E-state index contributed by atoms with van der Waals surface area (Å²) >= 11 is 11.3. The minimum atomic E-state index is 0.737. The van der Waals surface area contributed by atoms with Crippen LogP contribution in [-0.2, 0) is 6.54 Å². The van der Waals surface area contributed by atoms with Crippen molar-refractivity contribution in [2.75, 3.05) is 6.54 Å². The van der Waals surface area contributed by atoms with Crippen LogP contribution >= 0.6 is 38.9 Å². The third kappa shape index (κ3) is 3.54. The number of hydrogen-bond donors (Lipinski definition) is 1. The zero-order valence-electron chi connectivity index (χ0n) is 10.0. The van der Waals surface area contributed by atoms with Gasteiger partial charge < -0.3 is 5.32 Å². The van der Waals surface area contributed by atoms with Crippen LogP contribution in [0.1, 0.15) is 19.0 Å². The highest BCUT2D eigenvalue weighted by Crippen LogP contribution is 2.32. The molecule has 0 unspecified atom stereocenters. The second kappa shape index (κ2) is 6.66. The van der Waals surface area contributed by atoms with E-state index in [-0.39, 0.29) is 0 Å². The number of halogens is 2. The molecule has 2 aromatic rings. The van der Waals surface area contributed by atoms with Crippen LogP contribution in [0.4, 0.5) is 0 Å². The summed E-state index contributed by atoms with van der Waals surface area (Å²) in [5.41, 5.74) is 2.05. The molecule has 0 saturated carbocycles. The summed E-state index contributed by atoms with van der Waals surface area (Å²) in [4.78, 5) is 4.60. The maximum atomic E-state index is 6.20. The molecule has 0 aliphatic heterocycles. The van der Waals surface area contributed by atoms with Crippen molar-refractivity contribution >= 4 is 38.9 Å². The van der Waals surface area contributed by atoms with Gasteiger partial charge in [-0.05, 0) is 31.2 Å². The van der Waals surface area contributed by atoms with Crippen molar-refractivity contribution in [3.8, 4) is 10.6 Å². The SMILES string of the molecule is CCCNCc1csc(-c2cc(Br)ccc2Cl)n1. The molecule has 96 valence electrons. The molecule has 18 heavy (non-hydrogen) atoms. The molecule has 2 rings (SSSR count). The first kappa shape index (κ1) is 14.0. The van der Waals surface area contributed by atoms with Crippen LogP contribution in [0.15, 0.2) is 28.1 Å². The molecule has 0 fully saturated rings. The predicted molar refractivity (Wildman–Crippen MR) is 82.3 cm³/mol. The van der Waals surface area contributed by atoms with Gasteiger partial charge in [0.1, 0.15) is 5.01 Å². The monoisotopic (exact) mass is 344 g/mol. The Morgan fingerprint density at radius 3 is 3.06 bits per heavy atom. The zero-order valence-corrected chi connectivity index (χ0v) is 13.2. The average Bonchev–Trinajstić information content (AvgIpc) is 2.81. The molecular weight excluding hydrogens is 332 g/mol. The Bertz CT molecular complexity index is 527. The van der Waals surface area contributed by atoms with E-state index in [0.717, 1.165) is 45.3 Å². The highest BCUT2D eigenvalue weighted by Gasteiger charge is 2.09. The molecule has 2 nitrogen and oxygen atoms in total. The maximum Gasteiger partial charge on any atom is 0.125 e. The minimum Gasteiger partial charge on any atom is -0.311 e. The van der Waals surface area contributed by atoms with E-state index in [1.807, 2.05) is 18.2 Å². The Kier molecular flexibility index (Phi) is 5.18. The average molecular weight is 346 g/mol. The van der Waals surface area contributed by atoms with Crippen molar-refractivity contribution in [2.24, 2.45) is 0 Å². The maximum absolute atomic E-state index is 6.20. The quantitative estimate of drug-likeness (QED) is 0.793. The highest BCUT2D eigenvalue weighted by atomic mass is 79.9. The van der Waals surface area contributed by atoms with Crippen LogP contribution < -0.4 is 5.32 Å². The van der Waals surface area contributed by atoms with Gasteiger partial charge in [-0.15, -0.1) is 11.3 Å². The van der Waals surface area contributed by atoms with Crippen molar-refractivity contribution in [1.82, 2.24) is 10.3 Å². The van der Waals surface area contributed by atoms with E-state index in [1.165, 1.54) is 0 Å². The van der Waals surface area contributed by atoms with Gasteiger partial charge in [0, 0.05) is 22.0 Å². The minimum absolute atomic E-state index is 0.737. The molecule has 5 heteroatoms. The molecule has 1 heterocycles. The number of rotatable bonds is 5. The van der Waals surface area contributed by atoms with Crippen LogP contribution in [0.25, 0.3) is 10.6 Å². The Morgan fingerprint density at radius 2 is 2.28 bits per heavy atom. The molecule has 0 saturated heterocycles. The highest BCUT2D eigenvalue weighted by molar-refractivity contribution is 9.10. The van der Waals surface area contributed by atoms with Gasteiger partial charge in [-0.2, -0.15) is 0 Å². The number of aromatic nitrogens is 1. The van der Waals surface area contributed by atoms with Crippen molar-refractivity contribution in [2.45, 2.75) is 19.9 Å². The third-order valence-electron chi connectivity index (χ3n) is 2.44. The molecule has 0 radical (unpaired) electrons. The Balaban J connectivity index is 2.16. The first-order valence-corrected chi connectivity index (χ1v) is 7.86.